The van der Waals surface area contributed by atoms with E-state index in [9.17, 15) is 18.0 Å². The van der Waals surface area contributed by atoms with Crippen molar-refractivity contribution >= 4 is 10.0 Å². The van der Waals surface area contributed by atoms with Gasteiger partial charge < -0.3 is 10.3 Å². The molecule has 3 rings (SSSR count). The molecule has 1 aromatic heterocycles. The van der Waals surface area contributed by atoms with Crippen molar-refractivity contribution in [3.05, 3.63) is 27.0 Å². The second-order valence-electron chi connectivity index (χ2n) is 6.15. The van der Waals surface area contributed by atoms with Gasteiger partial charge in [0.25, 0.3) is 15.6 Å². The highest BCUT2D eigenvalue weighted by Gasteiger charge is 2.54. The van der Waals surface area contributed by atoms with E-state index in [4.69, 9.17) is 0 Å². The van der Waals surface area contributed by atoms with E-state index in [0.29, 0.717) is 6.54 Å². The van der Waals surface area contributed by atoms with Gasteiger partial charge in [-0.25, -0.2) is 13.2 Å². The summed E-state index contributed by atoms with van der Waals surface area (Å²) in [6.45, 7) is 5.68. The third kappa shape index (κ3) is 2.07. The van der Waals surface area contributed by atoms with E-state index in [1.54, 1.807) is 0 Å². The van der Waals surface area contributed by atoms with Crippen molar-refractivity contribution in [2.75, 3.05) is 19.6 Å². The first-order chi connectivity index (χ1) is 9.74. The van der Waals surface area contributed by atoms with Crippen LogP contribution in [0.3, 0.4) is 0 Å². The lowest BCUT2D eigenvalue weighted by molar-refractivity contribution is 0.233. The highest BCUT2D eigenvalue weighted by Crippen LogP contribution is 2.43. The van der Waals surface area contributed by atoms with Gasteiger partial charge in [-0.05, 0) is 32.2 Å². The highest BCUT2D eigenvalue weighted by molar-refractivity contribution is 7.89. The number of aromatic nitrogens is 2. The van der Waals surface area contributed by atoms with Crippen LogP contribution < -0.4 is 16.6 Å². The maximum Gasteiger partial charge on any atom is 0.325 e. The van der Waals surface area contributed by atoms with Crippen molar-refractivity contribution in [1.82, 2.24) is 19.6 Å². The second kappa shape index (κ2) is 4.52. The van der Waals surface area contributed by atoms with E-state index in [2.05, 4.69) is 10.3 Å². The van der Waals surface area contributed by atoms with Crippen molar-refractivity contribution in [2.24, 2.45) is 11.8 Å². The summed E-state index contributed by atoms with van der Waals surface area (Å²) >= 11 is 0. The summed E-state index contributed by atoms with van der Waals surface area (Å²) in [4.78, 5) is 26.6. The number of hydrogen-bond acceptors (Lipinski definition) is 5. The van der Waals surface area contributed by atoms with E-state index in [0.717, 1.165) is 19.3 Å². The van der Waals surface area contributed by atoms with Crippen LogP contribution in [0.2, 0.25) is 0 Å². The number of H-pyrrole nitrogens is 2. The van der Waals surface area contributed by atoms with Gasteiger partial charge >= 0.3 is 5.69 Å². The topological polar surface area (TPSA) is 115 Å². The molecule has 8 nitrogen and oxygen atoms in total. The van der Waals surface area contributed by atoms with Crippen molar-refractivity contribution in [3.8, 4) is 0 Å². The van der Waals surface area contributed by atoms with Crippen LogP contribution in [0.4, 0.5) is 0 Å². The van der Waals surface area contributed by atoms with Gasteiger partial charge in [0.05, 0.1) is 0 Å². The van der Waals surface area contributed by atoms with Crippen molar-refractivity contribution in [2.45, 2.75) is 24.3 Å². The van der Waals surface area contributed by atoms with Gasteiger partial charge in [-0.2, -0.15) is 4.31 Å². The maximum atomic E-state index is 12.8. The SMILES string of the molecule is CC1(C)C2CNCC2CN1S(=O)(=O)c1c[nH]c(=O)[nH]c1=O. The molecule has 3 N–H and O–H groups in total. The van der Waals surface area contributed by atoms with Crippen LogP contribution in [-0.2, 0) is 10.0 Å². The molecule has 2 fully saturated rings. The van der Waals surface area contributed by atoms with Crippen LogP contribution in [0.15, 0.2) is 20.7 Å². The average Bonchev–Trinajstić information content (AvgIpc) is 2.91. The van der Waals surface area contributed by atoms with Crippen LogP contribution in [0.5, 0.6) is 0 Å². The van der Waals surface area contributed by atoms with Crippen molar-refractivity contribution < 1.29 is 8.42 Å². The number of fused-ring (bicyclic) bond motifs is 1. The van der Waals surface area contributed by atoms with Crippen molar-refractivity contribution in [1.29, 1.82) is 0 Å². The number of nitrogens with zero attached hydrogens (tertiary/aromatic N) is 1. The van der Waals surface area contributed by atoms with Gasteiger partial charge in [0, 0.05) is 24.8 Å². The van der Waals surface area contributed by atoms with Gasteiger partial charge in [-0.15, -0.1) is 0 Å². The Morgan fingerprint density at radius 2 is 2.00 bits per heavy atom. The minimum atomic E-state index is -3.94. The minimum absolute atomic E-state index is 0.217. The molecule has 0 amide bonds. The molecule has 21 heavy (non-hydrogen) atoms. The lowest BCUT2D eigenvalue weighted by atomic mass is 9.85. The molecule has 0 radical (unpaired) electrons. The predicted molar refractivity (Wildman–Crippen MR) is 75.5 cm³/mol. The zero-order valence-electron chi connectivity index (χ0n) is 11.8. The summed E-state index contributed by atoms with van der Waals surface area (Å²) in [5.41, 5.74) is -2.18. The Morgan fingerprint density at radius 3 is 2.62 bits per heavy atom. The summed E-state index contributed by atoms with van der Waals surface area (Å²) in [6, 6.07) is 0. The van der Waals surface area contributed by atoms with E-state index >= 15 is 0 Å². The first kappa shape index (κ1) is 14.5. The summed E-state index contributed by atoms with van der Waals surface area (Å²) < 4.78 is 26.9. The van der Waals surface area contributed by atoms with Gasteiger partial charge in [0.2, 0.25) is 0 Å². The molecule has 3 heterocycles. The van der Waals surface area contributed by atoms with E-state index < -0.39 is 31.7 Å². The zero-order chi connectivity index (χ0) is 15.4. The van der Waals surface area contributed by atoms with Gasteiger partial charge in [-0.3, -0.25) is 9.78 Å². The Bertz CT molecular complexity index is 779. The molecule has 2 aliphatic heterocycles. The first-order valence-corrected chi connectivity index (χ1v) is 8.24. The molecule has 2 aliphatic rings. The Labute approximate surface area is 121 Å². The molecule has 2 unspecified atom stereocenters. The number of rotatable bonds is 2. The van der Waals surface area contributed by atoms with Crippen LogP contribution in [0.25, 0.3) is 0 Å². The average molecular weight is 314 g/mol. The molecule has 0 aliphatic carbocycles. The summed E-state index contributed by atoms with van der Waals surface area (Å²) in [5, 5.41) is 3.27. The summed E-state index contributed by atoms with van der Waals surface area (Å²) in [7, 11) is -3.94. The third-order valence-electron chi connectivity index (χ3n) is 4.64. The summed E-state index contributed by atoms with van der Waals surface area (Å²) in [5.74, 6) is 0.464. The van der Waals surface area contributed by atoms with Crippen LogP contribution >= 0.6 is 0 Å². The van der Waals surface area contributed by atoms with E-state index in [1.807, 2.05) is 18.8 Å². The monoisotopic (exact) mass is 314 g/mol. The maximum absolute atomic E-state index is 12.8. The fraction of sp³-hybridized carbons (Fsp3) is 0.667. The second-order valence-corrected chi connectivity index (χ2v) is 7.98. The number of hydrogen-bond donors (Lipinski definition) is 3. The largest absolute Gasteiger partial charge is 0.325 e. The van der Waals surface area contributed by atoms with Gasteiger partial charge in [0.1, 0.15) is 0 Å². The molecular formula is C12H18N4O4S. The summed E-state index contributed by atoms with van der Waals surface area (Å²) in [6.07, 6.45) is 0.971. The predicted octanol–water partition coefficient (Wildman–Crippen LogP) is -1.32. The Morgan fingerprint density at radius 1 is 1.29 bits per heavy atom. The standard InChI is InChI=1S/C12H18N4O4S/c1-12(2)8-4-13-3-7(8)6-16(12)21(19,20)9-5-14-11(18)15-10(9)17/h5,7-8,13H,3-4,6H2,1-2H3,(H2,14,15,17,18). The van der Waals surface area contributed by atoms with E-state index in [-0.39, 0.29) is 11.8 Å². The van der Waals surface area contributed by atoms with Gasteiger partial charge in [0.15, 0.2) is 4.90 Å². The molecule has 2 saturated heterocycles. The molecule has 0 spiro atoms. The number of nitrogens with one attached hydrogen (secondary N) is 3. The molecule has 2 atom stereocenters. The van der Waals surface area contributed by atoms with Crippen LogP contribution in [-0.4, -0.2) is 47.9 Å². The Hall–Kier alpha value is -1.45. The highest BCUT2D eigenvalue weighted by atomic mass is 32.2. The molecule has 1 aromatic rings. The molecule has 116 valence electrons. The van der Waals surface area contributed by atoms with Crippen LogP contribution in [0, 0.1) is 11.8 Å². The Balaban J connectivity index is 2.07. The quantitative estimate of drug-likeness (QED) is 0.626. The van der Waals surface area contributed by atoms with E-state index in [1.165, 1.54) is 4.31 Å². The number of sulfonamides is 1. The molecule has 9 heteroatoms. The minimum Gasteiger partial charge on any atom is -0.316 e. The number of aromatic amines is 2. The fourth-order valence-corrected chi connectivity index (χ4v) is 5.37. The Kier molecular flexibility index (Phi) is 3.12. The fourth-order valence-electron chi connectivity index (χ4n) is 3.50. The lowest BCUT2D eigenvalue weighted by Crippen LogP contribution is -2.48. The smallest absolute Gasteiger partial charge is 0.316 e. The van der Waals surface area contributed by atoms with Crippen molar-refractivity contribution in [3.63, 3.8) is 0 Å². The van der Waals surface area contributed by atoms with Crippen LogP contribution in [0.1, 0.15) is 13.8 Å². The molecule has 0 bridgehead atoms. The molecule has 0 aromatic carbocycles. The lowest BCUT2D eigenvalue weighted by Gasteiger charge is -2.34. The van der Waals surface area contributed by atoms with Gasteiger partial charge in [-0.1, -0.05) is 0 Å². The normalized spacial score (nSPS) is 28.7. The zero-order valence-corrected chi connectivity index (χ0v) is 12.7. The first-order valence-electron chi connectivity index (χ1n) is 6.80. The molecular weight excluding hydrogens is 296 g/mol. The third-order valence-corrected chi connectivity index (χ3v) is 6.70. The molecule has 0 saturated carbocycles.